The number of rotatable bonds is 8. The van der Waals surface area contributed by atoms with E-state index in [9.17, 15) is 19.2 Å². The van der Waals surface area contributed by atoms with Gasteiger partial charge in [-0.3, -0.25) is 9.55 Å². The molecular formula is C19H22ClFN5O7P. The molecule has 184 valence electrons. The summed E-state index contributed by atoms with van der Waals surface area (Å²) in [5.41, 5.74) is 0.870. The number of ether oxygens (including phenoxy) is 2. The third kappa shape index (κ3) is 5.37. The lowest BCUT2D eigenvalue weighted by atomic mass is 10.1. The van der Waals surface area contributed by atoms with Crippen LogP contribution in [0.15, 0.2) is 30.6 Å². The number of aromatic nitrogens is 4. The Kier molecular flexibility index (Phi) is 7.17. The van der Waals surface area contributed by atoms with Crippen LogP contribution in [0.4, 0.5) is 10.2 Å². The summed E-state index contributed by atoms with van der Waals surface area (Å²) in [5, 5.41) is 24.5. The maximum absolute atomic E-state index is 13.2. The van der Waals surface area contributed by atoms with E-state index in [1.807, 2.05) is 6.92 Å². The van der Waals surface area contributed by atoms with Gasteiger partial charge in [-0.05, 0) is 36.7 Å². The zero-order chi connectivity index (χ0) is 24.6. The summed E-state index contributed by atoms with van der Waals surface area (Å²) in [6.45, 7) is 1.46. The minimum Gasteiger partial charge on any atom is -0.387 e. The first-order valence-electron chi connectivity index (χ1n) is 10.1. The number of pyridine rings is 1. The van der Waals surface area contributed by atoms with E-state index in [1.54, 1.807) is 12.3 Å². The Hall–Kier alpha value is -2.22. The Bertz CT molecular complexity index is 1210. The normalized spacial score (nSPS) is 24.0. The molecule has 0 amide bonds. The predicted molar refractivity (Wildman–Crippen MR) is 118 cm³/mol. The number of fused-ring (bicyclic) bond motifs is 1. The lowest BCUT2D eigenvalue weighted by molar-refractivity contribution is -0.0610. The summed E-state index contributed by atoms with van der Waals surface area (Å²) in [6, 6.07) is 4.14. The fourth-order valence-electron chi connectivity index (χ4n) is 3.63. The van der Waals surface area contributed by atoms with Gasteiger partial charge in [0.05, 0.1) is 29.9 Å². The summed E-state index contributed by atoms with van der Waals surface area (Å²) >= 11 is 6.13. The SMILES string of the molecule is CC(Nc1nc(Cl)nc2c1ccn2[C@@H]1O[C@H](COCP(=O)(O)O)[C@@H](O)[C@H]1O)c1ccc(F)cn1. The molecule has 0 aliphatic carbocycles. The summed E-state index contributed by atoms with van der Waals surface area (Å²) in [4.78, 5) is 30.3. The molecule has 1 saturated heterocycles. The van der Waals surface area contributed by atoms with Gasteiger partial charge < -0.3 is 39.4 Å². The largest absolute Gasteiger partial charge is 0.387 e. The second kappa shape index (κ2) is 9.80. The van der Waals surface area contributed by atoms with Crippen molar-refractivity contribution in [3.05, 3.63) is 47.4 Å². The first-order chi connectivity index (χ1) is 16.0. The van der Waals surface area contributed by atoms with E-state index < -0.39 is 44.3 Å². The van der Waals surface area contributed by atoms with Crippen molar-refractivity contribution in [3.63, 3.8) is 0 Å². The molecule has 1 aliphatic heterocycles. The van der Waals surface area contributed by atoms with Gasteiger partial charge in [0.15, 0.2) is 6.23 Å². The molecule has 34 heavy (non-hydrogen) atoms. The van der Waals surface area contributed by atoms with E-state index in [1.165, 1.54) is 16.7 Å². The molecule has 5 N–H and O–H groups in total. The minimum atomic E-state index is -4.39. The average Bonchev–Trinajstić information content (AvgIpc) is 3.29. The Balaban J connectivity index is 1.56. The van der Waals surface area contributed by atoms with Crippen LogP contribution in [0.25, 0.3) is 11.0 Å². The van der Waals surface area contributed by atoms with Crippen LogP contribution in [0.1, 0.15) is 24.9 Å². The fourth-order valence-corrected chi connectivity index (χ4v) is 4.14. The van der Waals surface area contributed by atoms with Gasteiger partial charge in [0.25, 0.3) is 0 Å². The van der Waals surface area contributed by atoms with Gasteiger partial charge in [-0.15, -0.1) is 0 Å². The minimum absolute atomic E-state index is 0.0937. The maximum atomic E-state index is 13.2. The molecule has 1 unspecified atom stereocenters. The molecule has 1 fully saturated rings. The molecule has 0 radical (unpaired) electrons. The second-order valence-corrected chi connectivity index (χ2v) is 9.71. The van der Waals surface area contributed by atoms with Gasteiger partial charge in [-0.1, -0.05) is 0 Å². The van der Waals surface area contributed by atoms with Crippen molar-refractivity contribution in [2.75, 3.05) is 18.3 Å². The van der Waals surface area contributed by atoms with Gasteiger partial charge in [-0.2, -0.15) is 4.98 Å². The molecule has 0 bridgehead atoms. The van der Waals surface area contributed by atoms with Crippen molar-refractivity contribution in [3.8, 4) is 0 Å². The van der Waals surface area contributed by atoms with Crippen LogP contribution >= 0.6 is 19.2 Å². The molecule has 4 rings (SSSR count). The highest BCUT2D eigenvalue weighted by molar-refractivity contribution is 7.51. The van der Waals surface area contributed by atoms with E-state index in [2.05, 4.69) is 20.3 Å². The van der Waals surface area contributed by atoms with Crippen LogP contribution < -0.4 is 5.32 Å². The lowest BCUT2D eigenvalue weighted by Crippen LogP contribution is -2.33. The van der Waals surface area contributed by atoms with Gasteiger partial charge >= 0.3 is 7.60 Å². The number of aliphatic hydroxyl groups excluding tert-OH is 2. The van der Waals surface area contributed by atoms with Crippen molar-refractivity contribution in [2.45, 2.75) is 37.5 Å². The molecule has 1 aliphatic rings. The Morgan fingerprint density at radius 1 is 1.29 bits per heavy atom. The summed E-state index contributed by atoms with van der Waals surface area (Å²) < 4.78 is 36.2. The zero-order valence-electron chi connectivity index (χ0n) is 17.7. The van der Waals surface area contributed by atoms with Crippen LogP contribution in [0.5, 0.6) is 0 Å². The molecule has 0 spiro atoms. The third-order valence-corrected chi connectivity index (χ3v) is 5.93. The molecule has 0 aromatic carbocycles. The van der Waals surface area contributed by atoms with Crippen molar-refractivity contribution in [2.24, 2.45) is 0 Å². The quantitative estimate of drug-likeness (QED) is 0.217. The Morgan fingerprint density at radius 3 is 2.74 bits per heavy atom. The molecule has 0 saturated carbocycles. The first kappa shape index (κ1) is 24.9. The van der Waals surface area contributed by atoms with Gasteiger partial charge in [0.2, 0.25) is 5.28 Å². The number of hydrogen-bond acceptors (Lipinski definition) is 9. The topological polar surface area (TPSA) is 172 Å². The maximum Gasteiger partial charge on any atom is 0.350 e. The van der Waals surface area contributed by atoms with Crippen molar-refractivity contribution >= 4 is 36.0 Å². The first-order valence-corrected chi connectivity index (χ1v) is 12.3. The van der Waals surface area contributed by atoms with E-state index >= 15 is 0 Å². The van der Waals surface area contributed by atoms with Crippen LogP contribution in [0.2, 0.25) is 5.28 Å². The molecule has 3 aromatic heterocycles. The second-order valence-electron chi connectivity index (χ2n) is 7.78. The highest BCUT2D eigenvalue weighted by Crippen LogP contribution is 2.37. The Labute approximate surface area is 197 Å². The molecule has 15 heteroatoms. The third-order valence-electron chi connectivity index (χ3n) is 5.24. The lowest BCUT2D eigenvalue weighted by Gasteiger charge is -2.18. The van der Waals surface area contributed by atoms with Crippen LogP contribution in [0.3, 0.4) is 0 Å². The number of halogens is 2. The molecule has 12 nitrogen and oxygen atoms in total. The molecular weight excluding hydrogens is 496 g/mol. The van der Waals surface area contributed by atoms with Gasteiger partial charge in [0, 0.05) is 6.20 Å². The van der Waals surface area contributed by atoms with Gasteiger partial charge in [0.1, 0.15) is 41.9 Å². The Morgan fingerprint density at radius 2 is 2.06 bits per heavy atom. The van der Waals surface area contributed by atoms with Crippen LogP contribution in [0, 0.1) is 5.82 Å². The van der Waals surface area contributed by atoms with Crippen molar-refractivity contribution < 1.29 is 38.4 Å². The predicted octanol–water partition coefficient (Wildman–Crippen LogP) is 1.56. The number of nitrogens with one attached hydrogen (secondary N) is 1. The fraction of sp³-hybridized carbons (Fsp3) is 0.421. The zero-order valence-corrected chi connectivity index (χ0v) is 19.3. The molecule has 5 atom stereocenters. The van der Waals surface area contributed by atoms with Crippen LogP contribution in [-0.2, 0) is 14.0 Å². The van der Waals surface area contributed by atoms with E-state index in [0.29, 0.717) is 22.5 Å². The van der Waals surface area contributed by atoms with E-state index in [-0.39, 0.29) is 17.9 Å². The molecule has 4 heterocycles. The number of anilines is 1. The van der Waals surface area contributed by atoms with E-state index in [4.69, 9.17) is 30.9 Å². The number of aliphatic hydroxyl groups is 2. The van der Waals surface area contributed by atoms with Gasteiger partial charge in [-0.25, -0.2) is 9.37 Å². The van der Waals surface area contributed by atoms with E-state index in [0.717, 1.165) is 6.20 Å². The van der Waals surface area contributed by atoms with Crippen LogP contribution in [-0.4, -0.2) is 70.8 Å². The van der Waals surface area contributed by atoms with Crippen molar-refractivity contribution in [1.82, 2.24) is 19.5 Å². The van der Waals surface area contributed by atoms with Crippen molar-refractivity contribution in [1.29, 1.82) is 0 Å². The highest BCUT2D eigenvalue weighted by atomic mass is 35.5. The number of hydrogen-bond donors (Lipinski definition) is 5. The standard InChI is InChI=1S/C19H22ClFN5O7P/c1-9(12-3-2-10(21)6-22-12)23-16-11-4-5-26(17(11)25-19(20)24-16)18-15(28)14(27)13(33-18)7-32-8-34(29,30)31/h2-6,9,13-15,18,27-28H,7-8H2,1H3,(H,23,24,25)(H2,29,30,31)/t9?,13-,14-,15-,18-/m1/s1. The monoisotopic (exact) mass is 517 g/mol. The summed E-state index contributed by atoms with van der Waals surface area (Å²) in [7, 11) is -4.39. The number of nitrogens with zero attached hydrogens (tertiary/aromatic N) is 4. The average molecular weight is 518 g/mol. The summed E-state index contributed by atoms with van der Waals surface area (Å²) in [5.74, 6) is -0.0924. The smallest absolute Gasteiger partial charge is 0.350 e. The summed E-state index contributed by atoms with van der Waals surface area (Å²) in [6.07, 6.45) is -3.04. The molecule has 3 aromatic rings. The highest BCUT2D eigenvalue weighted by Gasteiger charge is 2.44.